The lowest BCUT2D eigenvalue weighted by atomic mass is 10.1. The average Bonchev–Trinajstić information content (AvgIpc) is 2.65. The Morgan fingerprint density at radius 3 is 2.36 bits per heavy atom. The summed E-state index contributed by atoms with van der Waals surface area (Å²) in [6, 6.07) is 13.0. The number of nitrogens with zero attached hydrogens (tertiary/aromatic N) is 1. The van der Waals surface area contributed by atoms with E-state index in [0.29, 0.717) is 16.6 Å². The molecule has 0 aromatic heterocycles. The molecule has 2 aromatic rings. The SMILES string of the molecule is COc1ccc(/C(C)=N\NC(=S)Nc2ccccc2OC)c(OC)c1. The van der Waals surface area contributed by atoms with Gasteiger partial charge in [0, 0.05) is 11.6 Å². The third-order valence-electron chi connectivity index (χ3n) is 3.48. The Balaban J connectivity index is 2.09. The maximum Gasteiger partial charge on any atom is 0.191 e. The molecule has 0 aliphatic heterocycles. The molecule has 2 rings (SSSR count). The average molecular weight is 359 g/mol. The molecule has 0 saturated heterocycles. The van der Waals surface area contributed by atoms with E-state index < -0.39 is 0 Å². The summed E-state index contributed by atoms with van der Waals surface area (Å²) in [6.07, 6.45) is 0. The van der Waals surface area contributed by atoms with E-state index in [9.17, 15) is 0 Å². The van der Waals surface area contributed by atoms with Crippen molar-refractivity contribution in [2.75, 3.05) is 26.6 Å². The molecule has 2 aromatic carbocycles. The molecule has 0 radical (unpaired) electrons. The topological polar surface area (TPSA) is 64.1 Å². The zero-order valence-corrected chi connectivity index (χ0v) is 15.4. The van der Waals surface area contributed by atoms with Crippen molar-refractivity contribution in [3.8, 4) is 17.2 Å². The van der Waals surface area contributed by atoms with Crippen molar-refractivity contribution in [1.82, 2.24) is 5.43 Å². The van der Waals surface area contributed by atoms with Crippen LogP contribution in [-0.2, 0) is 0 Å². The largest absolute Gasteiger partial charge is 0.497 e. The predicted octanol–water partition coefficient (Wildman–Crippen LogP) is 3.42. The molecule has 0 spiro atoms. The van der Waals surface area contributed by atoms with Crippen LogP contribution in [0, 0.1) is 0 Å². The normalized spacial score (nSPS) is 10.8. The van der Waals surface area contributed by atoms with Crippen molar-refractivity contribution < 1.29 is 14.2 Å². The van der Waals surface area contributed by atoms with Crippen LogP contribution in [0.4, 0.5) is 5.69 Å². The van der Waals surface area contributed by atoms with Crippen LogP contribution in [0.3, 0.4) is 0 Å². The van der Waals surface area contributed by atoms with Gasteiger partial charge in [-0.05, 0) is 43.4 Å². The van der Waals surface area contributed by atoms with E-state index in [-0.39, 0.29) is 0 Å². The highest BCUT2D eigenvalue weighted by atomic mass is 32.1. The van der Waals surface area contributed by atoms with Gasteiger partial charge < -0.3 is 19.5 Å². The van der Waals surface area contributed by atoms with Crippen molar-refractivity contribution in [3.05, 3.63) is 48.0 Å². The second-order valence-electron chi connectivity index (χ2n) is 5.03. The summed E-state index contributed by atoms with van der Waals surface area (Å²) in [6.45, 7) is 1.86. The molecule has 0 saturated carbocycles. The fourth-order valence-electron chi connectivity index (χ4n) is 2.19. The Morgan fingerprint density at radius 1 is 0.960 bits per heavy atom. The lowest BCUT2D eigenvalue weighted by Crippen LogP contribution is -2.25. The van der Waals surface area contributed by atoms with Gasteiger partial charge in [0.2, 0.25) is 0 Å². The van der Waals surface area contributed by atoms with Gasteiger partial charge in [0.05, 0.1) is 32.7 Å². The van der Waals surface area contributed by atoms with Crippen LogP contribution < -0.4 is 25.0 Å². The van der Waals surface area contributed by atoms with E-state index in [4.69, 9.17) is 26.4 Å². The molecule has 0 aliphatic rings. The Morgan fingerprint density at radius 2 is 1.68 bits per heavy atom. The summed E-state index contributed by atoms with van der Waals surface area (Å²) in [7, 11) is 4.82. The van der Waals surface area contributed by atoms with E-state index >= 15 is 0 Å². The number of methoxy groups -OCH3 is 3. The van der Waals surface area contributed by atoms with Gasteiger partial charge >= 0.3 is 0 Å². The van der Waals surface area contributed by atoms with Crippen LogP contribution >= 0.6 is 12.2 Å². The van der Waals surface area contributed by atoms with Crippen molar-refractivity contribution in [3.63, 3.8) is 0 Å². The van der Waals surface area contributed by atoms with Crippen molar-refractivity contribution >= 4 is 28.7 Å². The third-order valence-corrected chi connectivity index (χ3v) is 3.67. The Kier molecular flexibility index (Phi) is 6.59. The zero-order chi connectivity index (χ0) is 18.2. The van der Waals surface area contributed by atoms with Crippen molar-refractivity contribution in [2.24, 2.45) is 5.10 Å². The standard InChI is InChI=1S/C18H21N3O3S/c1-12(14-10-9-13(22-2)11-17(14)24-4)20-21-18(25)19-15-7-5-6-8-16(15)23-3/h5-11H,1-4H3,(H2,19,21,25)/b20-12-. The number of hydrogen-bond acceptors (Lipinski definition) is 5. The minimum atomic E-state index is 0.358. The third kappa shape index (κ3) is 4.84. The van der Waals surface area contributed by atoms with Crippen LogP contribution in [0.5, 0.6) is 17.2 Å². The van der Waals surface area contributed by atoms with E-state index in [0.717, 1.165) is 22.7 Å². The van der Waals surface area contributed by atoms with Crippen molar-refractivity contribution in [2.45, 2.75) is 6.92 Å². The maximum absolute atomic E-state index is 5.39. The Hall–Kier alpha value is -2.80. The number of benzene rings is 2. The molecular formula is C18H21N3O3S. The first-order valence-electron chi connectivity index (χ1n) is 7.55. The van der Waals surface area contributed by atoms with Crippen LogP contribution in [0.25, 0.3) is 0 Å². The molecule has 6 nitrogen and oxygen atoms in total. The molecule has 0 fully saturated rings. The molecule has 2 N–H and O–H groups in total. The Labute approximate surface area is 152 Å². The van der Waals surface area contributed by atoms with Crippen molar-refractivity contribution in [1.29, 1.82) is 0 Å². The van der Waals surface area contributed by atoms with Gasteiger partial charge in [-0.25, -0.2) is 0 Å². The van der Waals surface area contributed by atoms with E-state index in [1.807, 2.05) is 43.3 Å². The van der Waals surface area contributed by atoms with Gasteiger partial charge in [-0.1, -0.05) is 12.1 Å². The zero-order valence-electron chi connectivity index (χ0n) is 14.6. The Bertz CT molecular complexity index is 778. The summed E-state index contributed by atoms with van der Waals surface area (Å²) in [5.41, 5.74) is 5.16. The predicted molar refractivity (Wildman–Crippen MR) is 104 cm³/mol. The summed E-state index contributed by atoms with van der Waals surface area (Å²) in [5, 5.41) is 7.72. The first-order valence-corrected chi connectivity index (χ1v) is 7.96. The summed E-state index contributed by atoms with van der Waals surface area (Å²) in [4.78, 5) is 0. The second kappa shape index (κ2) is 8.89. The molecule has 7 heteroatoms. The molecule has 0 bridgehead atoms. The highest BCUT2D eigenvalue weighted by Gasteiger charge is 2.09. The second-order valence-corrected chi connectivity index (χ2v) is 5.44. The summed E-state index contributed by atoms with van der Waals surface area (Å²) in [5.74, 6) is 2.09. The highest BCUT2D eigenvalue weighted by Crippen LogP contribution is 2.25. The van der Waals surface area contributed by atoms with Gasteiger partial charge in [0.15, 0.2) is 5.11 Å². The number of nitrogens with one attached hydrogen (secondary N) is 2. The summed E-state index contributed by atoms with van der Waals surface area (Å²) >= 11 is 5.28. The first kappa shape index (κ1) is 18.5. The molecule has 0 amide bonds. The number of ether oxygens (including phenoxy) is 3. The maximum atomic E-state index is 5.39. The van der Waals surface area contributed by atoms with Gasteiger partial charge in [-0.15, -0.1) is 0 Å². The van der Waals surface area contributed by atoms with Gasteiger partial charge in [0.25, 0.3) is 0 Å². The number of hydrogen-bond donors (Lipinski definition) is 2. The van der Waals surface area contributed by atoms with Crippen LogP contribution in [0.2, 0.25) is 0 Å². The number of hydrazone groups is 1. The molecule has 0 unspecified atom stereocenters. The smallest absolute Gasteiger partial charge is 0.191 e. The minimum absolute atomic E-state index is 0.358. The van der Waals surface area contributed by atoms with E-state index in [1.54, 1.807) is 27.4 Å². The fourth-order valence-corrected chi connectivity index (χ4v) is 2.35. The van der Waals surface area contributed by atoms with Gasteiger partial charge in [-0.2, -0.15) is 5.10 Å². The lowest BCUT2D eigenvalue weighted by molar-refractivity contribution is 0.394. The molecule has 0 heterocycles. The molecule has 0 atom stereocenters. The minimum Gasteiger partial charge on any atom is -0.497 e. The lowest BCUT2D eigenvalue weighted by Gasteiger charge is -2.12. The molecular weight excluding hydrogens is 338 g/mol. The first-order chi connectivity index (χ1) is 12.1. The van der Waals surface area contributed by atoms with Crippen LogP contribution in [0.15, 0.2) is 47.6 Å². The van der Waals surface area contributed by atoms with Crippen LogP contribution in [-0.4, -0.2) is 32.2 Å². The molecule has 0 aliphatic carbocycles. The number of thiocarbonyl (C=S) groups is 1. The van der Waals surface area contributed by atoms with E-state index in [2.05, 4.69) is 15.8 Å². The number of para-hydroxylation sites is 2. The van der Waals surface area contributed by atoms with Gasteiger partial charge in [-0.3, -0.25) is 5.43 Å². The number of anilines is 1. The molecule has 25 heavy (non-hydrogen) atoms. The quantitative estimate of drug-likeness (QED) is 0.468. The highest BCUT2D eigenvalue weighted by molar-refractivity contribution is 7.80. The van der Waals surface area contributed by atoms with Gasteiger partial charge in [0.1, 0.15) is 17.2 Å². The van der Waals surface area contributed by atoms with Crippen LogP contribution in [0.1, 0.15) is 12.5 Å². The van der Waals surface area contributed by atoms with E-state index in [1.165, 1.54) is 0 Å². The summed E-state index contributed by atoms with van der Waals surface area (Å²) < 4.78 is 15.9. The monoisotopic (exact) mass is 359 g/mol. The fraction of sp³-hybridized carbons (Fsp3) is 0.222. The molecule has 132 valence electrons. The number of rotatable bonds is 6.